The van der Waals surface area contributed by atoms with E-state index in [1.54, 1.807) is 0 Å². The number of hydrogen-bond donors (Lipinski definition) is 3. The molecule has 1 saturated heterocycles. The molecule has 1 aromatic heterocycles. The lowest BCUT2D eigenvalue weighted by atomic mass is 9.97. The van der Waals surface area contributed by atoms with Gasteiger partial charge in [0.2, 0.25) is 0 Å². The van der Waals surface area contributed by atoms with Crippen molar-refractivity contribution < 1.29 is 14.9 Å². The summed E-state index contributed by atoms with van der Waals surface area (Å²) in [5.41, 5.74) is 4.69. The summed E-state index contributed by atoms with van der Waals surface area (Å²) in [5.74, 6) is 2.27. The van der Waals surface area contributed by atoms with Gasteiger partial charge in [-0.2, -0.15) is 4.98 Å². The van der Waals surface area contributed by atoms with Crippen molar-refractivity contribution in [2.45, 2.75) is 36.3 Å². The number of rotatable bonds is 2. The van der Waals surface area contributed by atoms with Crippen molar-refractivity contribution >= 4 is 17.4 Å². The van der Waals surface area contributed by atoms with Gasteiger partial charge >= 0.3 is 5.69 Å². The Labute approximate surface area is 120 Å². The van der Waals surface area contributed by atoms with E-state index >= 15 is 0 Å². The Balaban J connectivity index is 2.50. The largest absolute Gasteiger partial charge is 0.391 e. The first-order valence-electron chi connectivity index (χ1n) is 5.84. The zero-order valence-corrected chi connectivity index (χ0v) is 11.4. The molecular weight excluding hydrogens is 286 g/mol. The number of aliphatic hydroxyl groups is 2. The molecule has 0 spiro atoms. The molecule has 8 heteroatoms. The maximum atomic E-state index is 11.8. The van der Waals surface area contributed by atoms with Crippen molar-refractivity contribution in [3.8, 4) is 12.3 Å². The van der Waals surface area contributed by atoms with Crippen LogP contribution in [0.15, 0.2) is 17.1 Å². The molecule has 20 heavy (non-hydrogen) atoms. The molecule has 7 nitrogen and oxygen atoms in total. The van der Waals surface area contributed by atoms with E-state index < -0.39 is 35.1 Å². The number of ether oxygens (including phenoxy) is 1. The van der Waals surface area contributed by atoms with E-state index in [0.29, 0.717) is 0 Å². The minimum absolute atomic E-state index is 0.0396. The molecule has 5 atom stereocenters. The number of nitrogen functional groups attached to an aromatic ring is 1. The van der Waals surface area contributed by atoms with Crippen LogP contribution in [0.5, 0.6) is 0 Å². The van der Waals surface area contributed by atoms with Crippen molar-refractivity contribution in [1.82, 2.24) is 9.55 Å². The van der Waals surface area contributed by atoms with Crippen LogP contribution in [0, 0.1) is 12.3 Å². The van der Waals surface area contributed by atoms with Crippen LogP contribution in [0.1, 0.15) is 13.2 Å². The molecule has 4 N–H and O–H groups in total. The lowest BCUT2D eigenvalue weighted by Gasteiger charge is -2.25. The van der Waals surface area contributed by atoms with Crippen molar-refractivity contribution in [2.75, 3.05) is 5.73 Å². The van der Waals surface area contributed by atoms with E-state index in [1.807, 2.05) is 0 Å². The molecule has 0 bridgehead atoms. The maximum Gasteiger partial charge on any atom is 0.351 e. The molecular formula is C12H14ClN3O4. The monoisotopic (exact) mass is 299 g/mol. The van der Waals surface area contributed by atoms with Crippen LogP contribution in [0.2, 0.25) is 0 Å². The van der Waals surface area contributed by atoms with Crippen LogP contribution in [0.3, 0.4) is 0 Å². The summed E-state index contributed by atoms with van der Waals surface area (Å²) in [5, 5.41) is 19.7. The number of anilines is 1. The van der Waals surface area contributed by atoms with E-state index in [4.69, 9.17) is 28.5 Å². The van der Waals surface area contributed by atoms with Gasteiger partial charge in [0.05, 0.1) is 6.10 Å². The lowest BCUT2D eigenvalue weighted by molar-refractivity contribution is -0.0773. The first kappa shape index (κ1) is 14.8. The second kappa shape index (κ2) is 5.07. The third-order valence-corrected chi connectivity index (χ3v) is 3.71. The minimum Gasteiger partial charge on any atom is -0.391 e. The maximum absolute atomic E-state index is 11.8. The second-order valence-electron chi connectivity index (χ2n) is 4.59. The molecule has 0 saturated carbocycles. The molecule has 1 aliphatic heterocycles. The van der Waals surface area contributed by atoms with Crippen molar-refractivity contribution in [1.29, 1.82) is 0 Å². The molecule has 2 rings (SSSR count). The molecule has 1 unspecified atom stereocenters. The van der Waals surface area contributed by atoms with Gasteiger partial charge in [0.15, 0.2) is 11.1 Å². The molecule has 0 aromatic carbocycles. The Hall–Kier alpha value is -1.59. The quantitative estimate of drug-likeness (QED) is 0.481. The van der Waals surface area contributed by atoms with Gasteiger partial charge < -0.3 is 20.7 Å². The van der Waals surface area contributed by atoms with Crippen LogP contribution in [0.4, 0.5) is 5.82 Å². The van der Waals surface area contributed by atoms with Crippen LogP contribution in [-0.4, -0.2) is 43.0 Å². The zero-order chi connectivity index (χ0) is 15.1. The van der Waals surface area contributed by atoms with E-state index in [0.717, 1.165) is 4.57 Å². The average Bonchev–Trinajstić information content (AvgIpc) is 2.64. The van der Waals surface area contributed by atoms with Crippen molar-refractivity contribution in [3.05, 3.63) is 22.7 Å². The molecule has 1 aromatic rings. The fourth-order valence-electron chi connectivity index (χ4n) is 2.11. The first-order valence-corrected chi connectivity index (χ1v) is 6.22. The van der Waals surface area contributed by atoms with Gasteiger partial charge in [-0.15, -0.1) is 6.42 Å². The smallest absolute Gasteiger partial charge is 0.351 e. The predicted molar refractivity (Wildman–Crippen MR) is 71.9 cm³/mol. The Morgan fingerprint density at radius 1 is 1.75 bits per heavy atom. The normalized spacial score (nSPS) is 34.6. The van der Waals surface area contributed by atoms with Crippen LogP contribution in [0.25, 0.3) is 0 Å². The number of aliphatic hydroxyl groups excluding tert-OH is 2. The summed E-state index contributed by atoms with van der Waals surface area (Å²) < 4.78 is 6.49. The van der Waals surface area contributed by atoms with Crippen LogP contribution in [-0.2, 0) is 4.74 Å². The number of nitrogens with zero attached hydrogens (tertiary/aromatic N) is 2. The zero-order valence-electron chi connectivity index (χ0n) is 10.6. The van der Waals surface area contributed by atoms with Gasteiger partial charge in [0, 0.05) is 6.20 Å². The number of hydrogen-bond acceptors (Lipinski definition) is 6. The summed E-state index contributed by atoms with van der Waals surface area (Å²) in [4.78, 5) is 13.7. The average molecular weight is 300 g/mol. The van der Waals surface area contributed by atoms with Crippen molar-refractivity contribution in [3.63, 3.8) is 0 Å². The van der Waals surface area contributed by atoms with Crippen molar-refractivity contribution in [2.24, 2.45) is 0 Å². The third-order valence-electron chi connectivity index (χ3n) is 3.19. The van der Waals surface area contributed by atoms with Gasteiger partial charge in [0.25, 0.3) is 0 Å². The Kier molecular flexibility index (Phi) is 3.75. The Morgan fingerprint density at radius 2 is 2.40 bits per heavy atom. The fraction of sp³-hybridized carbons (Fsp3) is 0.500. The van der Waals surface area contributed by atoms with E-state index in [-0.39, 0.29) is 5.82 Å². The number of aromatic nitrogens is 2. The highest BCUT2D eigenvalue weighted by atomic mass is 35.5. The SMILES string of the molecule is C#CC1(Cl)[C@@H](O)[C@@H]([C@H](C)O)O[C@H]1n1ccc(N)nc1=O. The number of halogens is 1. The van der Waals surface area contributed by atoms with Gasteiger partial charge in [-0.1, -0.05) is 17.5 Å². The van der Waals surface area contributed by atoms with Crippen LogP contribution >= 0.6 is 11.6 Å². The molecule has 108 valence electrons. The topological polar surface area (TPSA) is 111 Å². The molecule has 2 heterocycles. The summed E-state index contributed by atoms with van der Waals surface area (Å²) in [6, 6.07) is 1.38. The fourth-order valence-corrected chi connectivity index (χ4v) is 2.39. The summed E-state index contributed by atoms with van der Waals surface area (Å²) in [6.07, 6.45) is 2.15. The molecule has 0 aliphatic carbocycles. The summed E-state index contributed by atoms with van der Waals surface area (Å²) in [6.45, 7) is 1.42. The number of nitrogens with two attached hydrogens (primary N) is 1. The standard InChI is InChI=1S/C12H14ClN3O4/c1-3-12(13)9(18)8(6(2)17)20-10(12)16-5-4-7(14)15-11(16)19/h1,4-6,8-10,17-18H,2H3,(H2,14,15,19)/t6-,8+,9-,10+,12?/m0/s1. The number of terminal acetylenes is 1. The number of alkyl halides is 1. The van der Waals surface area contributed by atoms with E-state index in [1.165, 1.54) is 19.2 Å². The second-order valence-corrected chi connectivity index (χ2v) is 5.22. The predicted octanol–water partition coefficient (Wildman–Crippen LogP) is -0.925. The van der Waals surface area contributed by atoms with Gasteiger partial charge in [0.1, 0.15) is 18.0 Å². The van der Waals surface area contributed by atoms with Gasteiger partial charge in [-0.3, -0.25) is 4.57 Å². The molecule has 1 fully saturated rings. The highest BCUT2D eigenvalue weighted by Crippen LogP contribution is 2.43. The minimum atomic E-state index is -1.69. The third kappa shape index (κ3) is 2.17. The molecule has 0 amide bonds. The highest BCUT2D eigenvalue weighted by molar-refractivity contribution is 6.27. The van der Waals surface area contributed by atoms with Crippen LogP contribution < -0.4 is 11.4 Å². The Morgan fingerprint density at radius 3 is 2.90 bits per heavy atom. The molecule has 0 radical (unpaired) electrons. The van der Waals surface area contributed by atoms with E-state index in [9.17, 15) is 15.0 Å². The van der Waals surface area contributed by atoms with E-state index in [2.05, 4.69) is 10.9 Å². The lowest BCUT2D eigenvalue weighted by Crippen LogP contribution is -2.44. The van der Waals surface area contributed by atoms with Gasteiger partial charge in [-0.25, -0.2) is 4.79 Å². The summed E-state index contributed by atoms with van der Waals surface area (Å²) >= 11 is 6.22. The first-order chi connectivity index (χ1) is 9.31. The Bertz CT molecular complexity index is 611. The highest BCUT2D eigenvalue weighted by Gasteiger charge is 2.57. The van der Waals surface area contributed by atoms with Gasteiger partial charge in [-0.05, 0) is 13.0 Å². The molecule has 1 aliphatic rings. The summed E-state index contributed by atoms with van der Waals surface area (Å²) in [7, 11) is 0.